The van der Waals surface area contributed by atoms with Crippen molar-refractivity contribution in [2.75, 3.05) is 11.5 Å². The van der Waals surface area contributed by atoms with E-state index in [2.05, 4.69) is 10.1 Å². The third kappa shape index (κ3) is 2.20. The summed E-state index contributed by atoms with van der Waals surface area (Å²) in [5, 5.41) is 4.43. The Bertz CT molecular complexity index is 546. The number of hydrogen-bond donors (Lipinski definition) is 0. The van der Waals surface area contributed by atoms with E-state index in [4.69, 9.17) is 0 Å². The largest absolute Gasteiger partial charge is 0.298 e. The highest BCUT2D eigenvalue weighted by atomic mass is 32.2. The van der Waals surface area contributed by atoms with Gasteiger partial charge in [0.2, 0.25) is 0 Å². The SMILES string of the molecule is O=Cc1ccn2nc(CC3CCSC3)nc2c1. The minimum absolute atomic E-state index is 0.646. The Morgan fingerprint density at radius 1 is 1.59 bits per heavy atom. The van der Waals surface area contributed by atoms with E-state index in [1.165, 1.54) is 17.9 Å². The zero-order chi connectivity index (χ0) is 11.7. The molecule has 0 amide bonds. The lowest BCUT2D eigenvalue weighted by Crippen LogP contribution is -2.04. The number of aromatic nitrogens is 3. The maximum absolute atomic E-state index is 10.7. The van der Waals surface area contributed by atoms with Gasteiger partial charge >= 0.3 is 0 Å². The Labute approximate surface area is 103 Å². The van der Waals surface area contributed by atoms with Gasteiger partial charge in [0.25, 0.3) is 0 Å². The predicted octanol–water partition coefficient (Wildman–Crippen LogP) is 1.84. The zero-order valence-corrected chi connectivity index (χ0v) is 10.2. The fourth-order valence-corrected chi connectivity index (χ4v) is 3.39. The molecule has 0 radical (unpaired) electrons. The lowest BCUT2D eigenvalue weighted by molar-refractivity contribution is 0.112. The molecule has 5 heteroatoms. The first-order valence-electron chi connectivity index (χ1n) is 5.73. The number of hydrogen-bond acceptors (Lipinski definition) is 4. The lowest BCUT2D eigenvalue weighted by Gasteiger charge is -2.02. The van der Waals surface area contributed by atoms with Crippen LogP contribution in [0.15, 0.2) is 18.3 Å². The number of carbonyl (C=O) groups excluding carboxylic acids is 1. The highest BCUT2D eigenvalue weighted by Crippen LogP contribution is 2.25. The minimum Gasteiger partial charge on any atom is -0.298 e. The van der Waals surface area contributed by atoms with Crippen molar-refractivity contribution in [3.8, 4) is 0 Å². The third-order valence-corrected chi connectivity index (χ3v) is 4.27. The Morgan fingerprint density at radius 2 is 2.53 bits per heavy atom. The molecule has 0 aromatic carbocycles. The number of nitrogens with zero attached hydrogens (tertiary/aromatic N) is 3. The van der Waals surface area contributed by atoms with Crippen molar-refractivity contribution >= 4 is 23.7 Å². The summed E-state index contributed by atoms with van der Waals surface area (Å²) in [6, 6.07) is 3.52. The Kier molecular flexibility index (Phi) is 2.84. The van der Waals surface area contributed by atoms with Crippen molar-refractivity contribution in [2.24, 2.45) is 5.92 Å². The Hall–Kier alpha value is -1.36. The fourth-order valence-electron chi connectivity index (χ4n) is 2.11. The fraction of sp³-hybridized carbons (Fsp3) is 0.417. The zero-order valence-electron chi connectivity index (χ0n) is 9.37. The van der Waals surface area contributed by atoms with Crippen LogP contribution in [0.4, 0.5) is 0 Å². The molecule has 3 heterocycles. The lowest BCUT2D eigenvalue weighted by atomic mass is 10.1. The molecule has 0 saturated carbocycles. The van der Waals surface area contributed by atoms with Gasteiger partial charge in [-0.1, -0.05) is 0 Å². The van der Waals surface area contributed by atoms with Gasteiger partial charge < -0.3 is 0 Å². The predicted molar refractivity (Wildman–Crippen MR) is 67.5 cm³/mol. The summed E-state index contributed by atoms with van der Waals surface area (Å²) in [5.41, 5.74) is 1.41. The Morgan fingerprint density at radius 3 is 3.29 bits per heavy atom. The average molecular weight is 247 g/mol. The highest BCUT2D eigenvalue weighted by molar-refractivity contribution is 7.99. The van der Waals surface area contributed by atoms with Crippen molar-refractivity contribution in [3.05, 3.63) is 29.7 Å². The molecule has 3 rings (SSSR count). The van der Waals surface area contributed by atoms with Crippen molar-refractivity contribution < 1.29 is 4.79 Å². The topological polar surface area (TPSA) is 47.3 Å². The summed E-state index contributed by atoms with van der Waals surface area (Å²) in [6.07, 6.45) is 4.84. The second-order valence-corrected chi connectivity index (χ2v) is 5.49. The van der Waals surface area contributed by atoms with Crippen molar-refractivity contribution in [2.45, 2.75) is 12.8 Å². The monoisotopic (exact) mass is 247 g/mol. The molecule has 1 fully saturated rings. The molecule has 0 N–H and O–H groups in total. The molecule has 88 valence electrons. The van der Waals surface area contributed by atoms with E-state index in [-0.39, 0.29) is 0 Å². The molecule has 1 aliphatic rings. The molecule has 2 aromatic heterocycles. The summed E-state index contributed by atoms with van der Waals surface area (Å²) >= 11 is 2.01. The van der Waals surface area contributed by atoms with Crippen LogP contribution >= 0.6 is 11.8 Å². The molecule has 0 spiro atoms. The van der Waals surface area contributed by atoms with Crippen LogP contribution in [0.5, 0.6) is 0 Å². The first-order chi connectivity index (χ1) is 8.35. The van der Waals surface area contributed by atoms with E-state index in [0.717, 1.165) is 24.2 Å². The number of pyridine rings is 1. The highest BCUT2D eigenvalue weighted by Gasteiger charge is 2.18. The molecule has 1 saturated heterocycles. The van der Waals surface area contributed by atoms with Crippen LogP contribution in [-0.4, -0.2) is 32.4 Å². The van der Waals surface area contributed by atoms with Crippen LogP contribution in [-0.2, 0) is 6.42 Å². The summed E-state index contributed by atoms with van der Waals surface area (Å²) in [7, 11) is 0. The van der Waals surface area contributed by atoms with Crippen LogP contribution in [0.3, 0.4) is 0 Å². The molecule has 1 atom stereocenters. The van der Waals surface area contributed by atoms with E-state index in [9.17, 15) is 4.79 Å². The normalized spacial score (nSPS) is 19.9. The molecular weight excluding hydrogens is 234 g/mol. The van der Waals surface area contributed by atoms with Gasteiger partial charge in [0.15, 0.2) is 11.5 Å². The number of carbonyl (C=O) groups is 1. The van der Waals surface area contributed by atoms with Crippen molar-refractivity contribution in [3.63, 3.8) is 0 Å². The summed E-state index contributed by atoms with van der Waals surface area (Å²) < 4.78 is 1.74. The molecule has 17 heavy (non-hydrogen) atoms. The van der Waals surface area contributed by atoms with Crippen LogP contribution in [0.25, 0.3) is 5.65 Å². The Balaban J connectivity index is 1.87. The van der Waals surface area contributed by atoms with Gasteiger partial charge in [0, 0.05) is 18.2 Å². The molecule has 1 aliphatic heterocycles. The van der Waals surface area contributed by atoms with Gasteiger partial charge in [-0.3, -0.25) is 4.79 Å². The standard InChI is InChI=1S/C12H13N3OS/c16-7-9-1-3-15-12(6-9)13-11(14-15)5-10-2-4-17-8-10/h1,3,6-7,10H,2,4-5,8H2. The van der Waals surface area contributed by atoms with E-state index in [1.54, 1.807) is 22.8 Å². The maximum atomic E-state index is 10.7. The molecule has 1 unspecified atom stereocenters. The number of rotatable bonds is 3. The molecule has 2 aromatic rings. The van der Waals surface area contributed by atoms with E-state index >= 15 is 0 Å². The van der Waals surface area contributed by atoms with Gasteiger partial charge in [-0.05, 0) is 36.0 Å². The molecule has 0 aliphatic carbocycles. The maximum Gasteiger partial charge on any atom is 0.156 e. The summed E-state index contributed by atoms with van der Waals surface area (Å²) in [5.74, 6) is 4.08. The third-order valence-electron chi connectivity index (χ3n) is 3.04. The van der Waals surface area contributed by atoms with E-state index < -0.39 is 0 Å². The van der Waals surface area contributed by atoms with Gasteiger partial charge in [0.05, 0.1) is 0 Å². The quantitative estimate of drug-likeness (QED) is 0.776. The van der Waals surface area contributed by atoms with Crippen LogP contribution in [0.1, 0.15) is 22.6 Å². The smallest absolute Gasteiger partial charge is 0.156 e. The first-order valence-corrected chi connectivity index (χ1v) is 6.89. The molecule has 4 nitrogen and oxygen atoms in total. The number of aldehydes is 1. The number of thioether (sulfide) groups is 1. The summed E-state index contributed by atoms with van der Waals surface area (Å²) in [4.78, 5) is 15.1. The van der Waals surface area contributed by atoms with Crippen LogP contribution in [0.2, 0.25) is 0 Å². The van der Waals surface area contributed by atoms with Crippen molar-refractivity contribution in [1.82, 2.24) is 14.6 Å². The van der Waals surface area contributed by atoms with Gasteiger partial charge in [-0.2, -0.15) is 16.9 Å². The molecule has 0 bridgehead atoms. The van der Waals surface area contributed by atoms with Crippen molar-refractivity contribution in [1.29, 1.82) is 0 Å². The number of fused-ring (bicyclic) bond motifs is 1. The van der Waals surface area contributed by atoms with E-state index in [0.29, 0.717) is 11.5 Å². The molecular formula is C12H13N3OS. The first kappa shape index (κ1) is 10.8. The van der Waals surface area contributed by atoms with Gasteiger partial charge in [0.1, 0.15) is 6.29 Å². The second-order valence-electron chi connectivity index (χ2n) is 4.34. The average Bonchev–Trinajstić information content (AvgIpc) is 2.96. The van der Waals surface area contributed by atoms with Crippen LogP contribution in [0, 0.1) is 5.92 Å². The summed E-state index contributed by atoms with van der Waals surface area (Å²) in [6.45, 7) is 0. The second kappa shape index (κ2) is 4.49. The van der Waals surface area contributed by atoms with Gasteiger partial charge in [-0.15, -0.1) is 0 Å². The van der Waals surface area contributed by atoms with E-state index in [1.807, 2.05) is 11.8 Å². The minimum atomic E-state index is 0.646. The van der Waals surface area contributed by atoms with Gasteiger partial charge in [-0.25, -0.2) is 9.50 Å². The van der Waals surface area contributed by atoms with Crippen LogP contribution < -0.4 is 0 Å².